The van der Waals surface area contributed by atoms with E-state index < -0.39 is 0 Å². The van der Waals surface area contributed by atoms with Crippen molar-refractivity contribution in [2.45, 2.75) is 32.9 Å². The molecule has 140 valence electrons. The van der Waals surface area contributed by atoms with Crippen LogP contribution in [0.5, 0.6) is 11.5 Å². The number of anilines is 1. The first kappa shape index (κ1) is 19.8. The highest BCUT2D eigenvalue weighted by Gasteiger charge is 2.20. The van der Waals surface area contributed by atoms with E-state index in [1.807, 2.05) is 61.3 Å². The van der Waals surface area contributed by atoms with Gasteiger partial charge in [0.05, 0.1) is 20.3 Å². The van der Waals surface area contributed by atoms with Gasteiger partial charge in [-0.1, -0.05) is 31.2 Å². The van der Waals surface area contributed by atoms with Gasteiger partial charge in [0.15, 0.2) is 11.5 Å². The summed E-state index contributed by atoms with van der Waals surface area (Å²) < 4.78 is 10.8. The number of nitrogens with zero attached hydrogens (tertiary/aromatic N) is 1. The van der Waals surface area contributed by atoms with Gasteiger partial charge in [-0.3, -0.25) is 9.69 Å². The summed E-state index contributed by atoms with van der Waals surface area (Å²) in [7, 11) is 5.16. The third kappa shape index (κ3) is 4.76. The lowest BCUT2D eigenvalue weighted by molar-refractivity contribution is -0.120. The van der Waals surface area contributed by atoms with Crippen LogP contribution in [0.2, 0.25) is 0 Å². The smallest absolute Gasteiger partial charge is 0.241 e. The van der Waals surface area contributed by atoms with Gasteiger partial charge in [-0.2, -0.15) is 0 Å². The average molecular weight is 356 g/mol. The molecule has 0 bridgehead atoms. The minimum Gasteiger partial charge on any atom is -0.493 e. The van der Waals surface area contributed by atoms with Crippen LogP contribution in [0.3, 0.4) is 0 Å². The molecule has 0 heterocycles. The van der Waals surface area contributed by atoms with Crippen molar-refractivity contribution in [2.24, 2.45) is 0 Å². The van der Waals surface area contributed by atoms with Gasteiger partial charge in [-0.25, -0.2) is 0 Å². The molecule has 0 aromatic heterocycles. The zero-order valence-corrected chi connectivity index (χ0v) is 16.2. The highest BCUT2D eigenvalue weighted by molar-refractivity contribution is 5.94. The van der Waals surface area contributed by atoms with Gasteiger partial charge >= 0.3 is 0 Å². The van der Waals surface area contributed by atoms with Crippen molar-refractivity contribution in [1.29, 1.82) is 0 Å². The Bertz CT molecular complexity index is 729. The molecular weight excluding hydrogens is 328 g/mol. The number of ether oxygens (including phenoxy) is 2. The quantitative estimate of drug-likeness (QED) is 0.783. The van der Waals surface area contributed by atoms with Crippen molar-refractivity contribution in [3.8, 4) is 11.5 Å². The Morgan fingerprint density at radius 2 is 1.81 bits per heavy atom. The molecule has 0 spiro atoms. The van der Waals surface area contributed by atoms with Crippen molar-refractivity contribution in [2.75, 3.05) is 26.6 Å². The Balaban J connectivity index is 2.04. The Hall–Kier alpha value is -2.53. The Labute approximate surface area is 155 Å². The Morgan fingerprint density at radius 3 is 2.38 bits per heavy atom. The van der Waals surface area contributed by atoms with Crippen molar-refractivity contribution < 1.29 is 14.3 Å². The highest BCUT2D eigenvalue weighted by Crippen LogP contribution is 2.31. The predicted molar refractivity (Wildman–Crippen MR) is 105 cm³/mol. The second kappa shape index (κ2) is 9.25. The number of benzene rings is 2. The Kier molecular flexibility index (Phi) is 7.04. The summed E-state index contributed by atoms with van der Waals surface area (Å²) in [4.78, 5) is 14.5. The van der Waals surface area contributed by atoms with Crippen molar-refractivity contribution >= 4 is 11.6 Å². The molecular formula is C21H28N2O3. The molecule has 0 aliphatic rings. The van der Waals surface area contributed by atoms with E-state index in [1.165, 1.54) is 5.56 Å². The maximum Gasteiger partial charge on any atom is 0.241 e. The molecule has 5 nitrogen and oxygen atoms in total. The number of likely N-dealkylation sites (N-methyl/N-ethyl adjacent to an activating group) is 1. The molecule has 0 saturated heterocycles. The molecule has 0 saturated carbocycles. The second-order valence-corrected chi connectivity index (χ2v) is 6.28. The highest BCUT2D eigenvalue weighted by atomic mass is 16.5. The first-order chi connectivity index (χ1) is 12.5. The van der Waals surface area contributed by atoms with Crippen molar-refractivity contribution in [3.05, 3.63) is 53.6 Å². The van der Waals surface area contributed by atoms with Crippen molar-refractivity contribution in [3.63, 3.8) is 0 Å². The third-order valence-electron chi connectivity index (χ3n) is 4.57. The van der Waals surface area contributed by atoms with Crippen LogP contribution in [-0.4, -0.2) is 38.1 Å². The number of carbonyl (C=O) groups excluding carboxylic acids is 1. The molecule has 2 aromatic carbocycles. The maximum absolute atomic E-state index is 12.6. The molecule has 5 heteroatoms. The van der Waals surface area contributed by atoms with Gasteiger partial charge in [0.2, 0.25) is 5.91 Å². The number of aryl methyl sites for hydroxylation is 1. The first-order valence-electron chi connectivity index (χ1n) is 8.80. The number of rotatable bonds is 8. The van der Waals surface area contributed by atoms with Gasteiger partial charge in [0, 0.05) is 17.8 Å². The third-order valence-corrected chi connectivity index (χ3v) is 4.57. The summed E-state index contributed by atoms with van der Waals surface area (Å²) >= 11 is 0. The molecule has 1 amide bonds. The van der Waals surface area contributed by atoms with Gasteiger partial charge in [0.25, 0.3) is 0 Å². The Morgan fingerprint density at radius 1 is 1.12 bits per heavy atom. The van der Waals surface area contributed by atoms with E-state index >= 15 is 0 Å². The number of para-hydroxylation sites is 1. The summed E-state index contributed by atoms with van der Waals surface area (Å²) in [5.74, 6) is 1.34. The van der Waals surface area contributed by atoms with Gasteiger partial charge in [-0.15, -0.1) is 0 Å². The minimum atomic E-state index is -0.295. The lowest BCUT2D eigenvalue weighted by atomic mass is 10.1. The van der Waals surface area contributed by atoms with Crippen LogP contribution in [0.4, 0.5) is 5.69 Å². The zero-order valence-electron chi connectivity index (χ0n) is 16.2. The molecule has 0 aliphatic heterocycles. The first-order valence-corrected chi connectivity index (χ1v) is 8.80. The van der Waals surface area contributed by atoms with E-state index in [0.29, 0.717) is 18.0 Å². The lowest BCUT2D eigenvalue weighted by Gasteiger charge is -2.25. The average Bonchev–Trinajstić information content (AvgIpc) is 2.67. The normalized spacial score (nSPS) is 11.9. The summed E-state index contributed by atoms with van der Waals surface area (Å²) in [6.07, 6.45) is 0.982. The molecule has 0 radical (unpaired) electrons. The van der Waals surface area contributed by atoms with Crippen LogP contribution in [0.1, 0.15) is 25.0 Å². The number of carbonyl (C=O) groups is 1. The monoisotopic (exact) mass is 356 g/mol. The summed E-state index contributed by atoms with van der Waals surface area (Å²) in [6.45, 7) is 4.57. The number of hydrogen-bond acceptors (Lipinski definition) is 4. The number of nitrogens with one attached hydrogen (secondary N) is 1. The van der Waals surface area contributed by atoms with Gasteiger partial charge in [-0.05, 0) is 44.2 Å². The van der Waals surface area contributed by atoms with E-state index in [9.17, 15) is 4.79 Å². The van der Waals surface area contributed by atoms with Crippen LogP contribution in [0.15, 0.2) is 42.5 Å². The fraction of sp³-hybridized carbons (Fsp3) is 0.381. The fourth-order valence-corrected chi connectivity index (χ4v) is 2.75. The fourth-order valence-electron chi connectivity index (χ4n) is 2.75. The molecule has 1 N–H and O–H groups in total. The van der Waals surface area contributed by atoms with Crippen LogP contribution in [0.25, 0.3) is 0 Å². The van der Waals surface area contributed by atoms with Gasteiger partial charge in [0.1, 0.15) is 0 Å². The summed E-state index contributed by atoms with van der Waals surface area (Å²) in [5, 5.41) is 2.97. The number of amides is 1. The second-order valence-electron chi connectivity index (χ2n) is 6.28. The van der Waals surface area contributed by atoms with E-state index in [4.69, 9.17) is 9.47 Å². The van der Waals surface area contributed by atoms with Gasteiger partial charge < -0.3 is 14.8 Å². The topological polar surface area (TPSA) is 50.8 Å². The molecule has 0 aliphatic carbocycles. The van der Waals surface area contributed by atoms with Crippen LogP contribution < -0.4 is 14.8 Å². The van der Waals surface area contributed by atoms with E-state index in [-0.39, 0.29) is 11.9 Å². The predicted octanol–water partition coefficient (Wildman–Crippen LogP) is 3.73. The molecule has 2 rings (SSSR count). The number of methoxy groups -OCH3 is 2. The summed E-state index contributed by atoms with van der Waals surface area (Å²) in [6, 6.07) is 13.4. The van der Waals surface area contributed by atoms with E-state index in [2.05, 4.69) is 12.2 Å². The molecule has 1 atom stereocenters. The minimum absolute atomic E-state index is 0.0430. The zero-order chi connectivity index (χ0) is 19.1. The molecule has 0 unspecified atom stereocenters. The van der Waals surface area contributed by atoms with Crippen LogP contribution >= 0.6 is 0 Å². The van der Waals surface area contributed by atoms with Crippen LogP contribution in [-0.2, 0) is 17.8 Å². The standard InChI is InChI=1S/C21H28N2O3/c1-6-16-10-12-18(13-11-16)22-21(24)15(2)23(3)14-17-8-7-9-19(25-4)20(17)26-5/h7-13,15H,6,14H2,1-5H3,(H,22,24)/t15-/m1/s1. The molecule has 0 fully saturated rings. The lowest BCUT2D eigenvalue weighted by Crippen LogP contribution is -2.39. The maximum atomic E-state index is 12.6. The van der Waals surface area contributed by atoms with E-state index in [0.717, 1.165) is 17.7 Å². The molecule has 2 aromatic rings. The summed E-state index contributed by atoms with van der Waals surface area (Å²) in [5.41, 5.74) is 3.03. The van der Waals surface area contributed by atoms with Crippen LogP contribution in [0, 0.1) is 0 Å². The van der Waals surface area contributed by atoms with E-state index in [1.54, 1.807) is 14.2 Å². The molecule has 26 heavy (non-hydrogen) atoms. The van der Waals surface area contributed by atoms with Crippen molar-refractivity contribution in [1.82, 2.24) is 4.90 Å². The largest absolute Gasteiger partial charge is 0.493 e. The SMILES string of the molecule is CCc1ccc(NC(=O)[C@@H](C)N(C)Cc2cccc(OC)c2OC)cc1. The number of hydrogen-bond donors (Lipinski definition) is 1.